The van der Waals surface area contributed by atoms with Crippen LogP contribution in [0.5, 0.6) is 0 Å². The molecule has 2 amide bonds. The summed E-state index contributed by atoms with van der Waals surface area (Å²) in [6.07, 6.45) is 1.22. The van der Waals surface area contributed by atoms with Crippen LogP contribution in [0.4, 0.5) is 4.79 Å². The van der Waals surface area contributed by atoms with Crippen molar-refractivity contribution >= 4 is 29.9 Å². The summed E-state index contributed by atoms with van der Waals surface area (Å²) in [5.74, 6) is -0.335. The zero-order valence-corrected chi connectivity index (χ0v) is 16.2. The molecule has 2 heterocycles. The summed E-state index contributed by atoms with van der Waals surface area (Å²) >= 11 is 6.10. The van der Waals surface area contributed by atoms with Crippen LogP contribution >= 0.6 is 11.6 Å². The highest BCUT2D eigenvalue weighted by Gasteiger charge is 2.49. The number of nitrogens with one attached hydrogen (secondary N) is 1. The van der Waals surface area contributed by atoms with Gasteiger partial charge in [-0.05, 0) is 11.8 Å². The minimum absolute atomic E-state index is 0.0255. The van der Waals surface area contributed by atoms with E-state index in [9.17, 15) is 19.5 Å². The Morgan fingerprint density at radius 2 is 2.08 bits per heavy atom. The van der Waals surface area contributed by atoms with E-state index in [4.69, 9.17) is 11.6 Å². The Bertz CT molecular complexity index is 710. The first-order chi connectivity index (χ1) is 12.1. The number of unbranched alkanes of at least 4 members (excludes halogenated alkanes) is 1. The zero-order chi connectivity index (χ0) is 19.6. The number of rotatable bonds is 6. The van der Waals surface area contributed by atoms with Crippen molar-refractivity contribution < 1.29 is 19.5 Å². The molecule has 144 valence electrons. The lowest BCUT2D eigenvalue weighted by Gasteiger charge is -2.52. The number of imidazole rings is 1. The van der Waals surface area contributed by atoms with Crippen LogP contribution in [-0.4, -0.2) is 56.5 Å². The minimum Gasteiger partial charge on any atom is -0.465 e. The summed E-state index contributed by atoms with van der Waals surface area (Å²) in [7, 11) is 0. The Kier molecular flexibility index (Phi) is 5.95. The lowest BCUT2D eigenvalue weighted by molar-refractivity contribution is -0.0108. The highest BCUT2D eigenvalue weighted by atomic mass is 35.5. The molecule has 1 aliphatic heterocycles. The number of nitrogens with zero attached hydrogens (tertiary/aromatic N) is 3. The molecule has 0 bridgehead atoms. The molecular formula is C17H25ClN4O4. The van der Waals surface area contributed by atoms with E-state index in [1.807, 2.05) is 27.7 Å². The number of carbonyl (C=O) groups excluding carboxylic acids is 2. The highest BCUT2D eigenvalue weighted by molar-refractivity contribution is 6.32. The van der Waals surface area contributed by atoms with Gasteiger partial charge >= 0.3 is 6.09 Å². The standard InChI is InChI=1S/C17H25ClN4O4/c1-5-6-7-21-11(9-23)20-14(18)12(21)15(24)19-10-8-22(16(25)26)13(10)17(2,3)4/h9-10,13H,5-8H2,1-4H3,(H,19,24)(H,25,26). The van der Waals surface area contributed by atoms with Crippen molar-refractivity contribution in [3.05, 3.63) is 16.7 Å². The largest absolute Gasteiger partial charge is 0.465 e. The summed E-state index contributed by atoms with van der Waals surface area (Å²) in [4.78, 5) is 40.6. The molecule has 1 aliphatic rings. The van der Waals surface area contributed by atoms with Crippen molar-refractivity contribution in [3.63, 3.8) is 0 Å². The van der Waals surface area contributed by atoms with Gasteiger partial charge in [-0.1, -0.05) is 45.7 Å². The third-order valence-corrected chi connectivity index (χ3v) is 4.83. The monoisotopic (exact) mass is 384 g/mol. The Labute approximate surface area is 157 Å². The van der Waals surface area contributed by atoms with E-state index >= 15 is 0 Å². The molecule has 0 saturated carbocycles. The second-order valence-electron chi connectivity index (χ2n) is 7.56. The van der Waals surface area contributed by atoms with Crippen molar-refractivity contribution in [1.29, 1.82) is 0 Å². The molecular weight excluding hydrogens is 360 g/mol. The van der Waals surface area contributed by atoms with Crippen LogP contribution in [0, 0.1) is 5.41 Å². The van der Waals surface area contributed by atoms with Gasteiger partial charge in [-0.2, -0.15) is 0 Å². The zero-order valence-electron chi connectivity index (χ0n) is 15.5. The van der Waals surface area contributed by atoms with Crippen LogP contribution in [0.2, 0.25) is 5.15 Å². The Morgan fingerprint density at radius 3 is 2.58 bits per heavy atom. The van der Waals surface area contributed by atoms with Crippen LogP contribution in [0.15, 0.2) is 0 Å². The number of halogens is 1. The second kappa shape index (κ2) is 7.65. The van der Waals surface area contributed by atoms with E-state index in [1.165, 1.54) is 9.47 Å². The molecule has 2 unspecified atom stereocenters. The average molecular weight is 385 g/mol. The highest BCUT2D eigenvalue weighted by Crippen LogP contribution is 2.34. The summed E-state index contributed by atoms with van der Waals surface area (Å²) in [6.45, 7) is 8.45. The van der Waals surface area contributed by atoms with Gasteiger partial charge in [-0.3, -0.25) is 9.59 Å². The number of carboxylic acid groups (broad SMARTS) is 1. The normalized spacial score (nSPS) is 19.8. The predicted octanol–water partition coefficient (Wildman–Crippen LogP) is 2.66. The maximum Gasteiger partial charge on any atom is 0.407 e. The van der Waals surface area contributed by atoms with Gasteiger partial charge in [-0.25, -0.2) is 9.78 Å². The first kappa shape index (κ1) is 20.2. The predicted molar refractivity (Wildman–Crippen MR) is 96.8 cm³/mol. The fraction of sp³-hybridized carbons (Fsp3) is 0.647. The summed E-state index contributed by atoms with van der Waals surface area (Å²) < 4.78 is 1.52. The van der Waals surface area contributed by atoms with Crippen LogP contribution in [0.1, 0.15) is 61.6 Å². The molecule has 1 saturated heterocycles. The van der Waals surface area contributed by atoms with Gasteiger partial charge in [0, 0.05) is 13.1 Å². The number of likely N-dealkylation sites (tertiary alicyclic amines) is 1. The molecule has 2 atom stereocenters. The van der Waals surface area contributed by atoms with E-state index in [0.717, 1.165) is 12.8 Å². The molecule has 9 heteroatoms. The number of hydrogen-bond acceptors (Lipinski definition) is 4. The Balaban J connectivity index is 2.24. The molecule has 1 fully saturated rings. The average Bonchev–Trinajstić information content (AvgIpc) is 2.82. The molecule has 1 aromatic rings. The SMILES string of the molecule is CCCCn1c(C=O)nc(Cl)c1C(=O)NC1CN(C(=O)O)C1C(C)(C)C. The first-order valence-corrected chi connectivity index (χ1v) is 9.01. The van der Waals surface area contributed by atoms with Gasteiger partial charge in [0.25, 0.3) is 5.91 Å². The van der Waals surface area contributed by atoms with Crippen molar-refractivity contribution in [2.45, 2.75) is 59.2 Å². The van der Waals surface area contributed by atoms with Gasteiger partial charge in [0.15, 0.2) is 17.3 Å². The number of aldehydes is 1. The van der Waals surface area contributed by atoms with E-state index in [0.29, 0.717) is 12.8 Å². The number of hydrogen-bond donors (Lipinski definition) is 2. The molecule has 0 aromatic carbocycles. The van der Waals surface area contributed by atoms with Gasteiger partial charge in [0.2, 0.25) is 0 Å². The molecule has 0 radical (unpaired) electrons. The van der Waals surface area contributed by atoms with Crippen molar-refractivity contribution in [2.75, 3.05) is 6.54 Å². The van der Waals surface area contributed by atoms with E-state index in [-0.39, 0.29) is 40.7 Å². The fourth-order valence-corrected chi connectivity index (χ4v) is 3.70. The van der Waals surface area contributed by atoms with Crippen LogP contribution in [-0.2, 0) is 6.54 Å². The van der Waals surface area contributed by atoms with E-state index < -0.39 is 12.0 Å². The van der Waals surface area contributed by atoms with Crippen molar-refractivity contribution in [2.24, 2.45) is 5.41 Å². The topological polar surface area (TPSA) is 105 Å². The second-order valence-corrected chi connectivity index (χ2v) is 7.92. The third kappa shape index (κ3) is 3.85. The van der Waals surface area contributed by atoms with E-state index in [1.54, 1.807) is 0 Å². The van der Waals surface area contributed by atoms with Crippen LogP contribution in [0.25, 0.3) is 0 Å². The Hall–Kier alpha value is -2.09. The molecule has 1 aromatic heterocycles. The maximum absolute atomic E-state index is 12.8. The number of amides is 2. The van der Waals surface area contributed by atoms with Gasteiger partial charge in [-0.15, -0.1) is 0 Å². The third-order valence-electron chi connectivity index (χ3n) is 4.57. The van der Waals surface area contributed by atoms with E-state index in [2.05, 4.69) is 10.3 Å². The van der Waals surface area contributed by atoms with Gasteiger partial charge < -0.3 is 19.9 Å². The van der Waals surface area contributed by atoms with Crippen LogP contribution in [0.3, 0.4) is 0 Å². The number of carbonyl (C=O) groups is 3. The fourth-order valence-electron chi connectivity index (χ4n) is 3.42. The molecule has 2 rings (SSSR count). The quantitative estimate of drug-likeness (QED) is 0.733. The molecule has 26 heavy (non-hydrogen) atoms. The summed E-state index contributed by atoms with van der Waals surface area (Å²) in [5.41, 5.74) is -0.196. The van der Waals surface area contributed by atoms with Crippen molar-refractivity contribution in [3.8, 4) is 0 Å². The van der Waals surface area contributed by atoms with Crippen LogP contribution < -0.4 is 5.32 Å². The van der Waals surface area contributed by atoms with Gasteiger partial charge in [0.1, 0.15) is 5.69 Å². The minimum atomic E-state index is -1.01. The maximum atomic E-state index is 12.8. The molecule has 0 spiro atoms. The Morgan fingerprint density at radius 1 is 1.42 bits per heavy atom. The lowest BCUT2D eigenvalue weighted by Crippen LogP contribution is -2.71. The summed E-state index contributed by atoms with van der Waals surface area (Å²) in [6, 6.07) is -0.677. The van der Waals surface area contributed by atoms with Crippen molar-refractivity contribution in [1.82, 2.24) is 19.8 Å². The number of aromatic nitrogens is 2. The smallest absolute Gasteiger partial charge is 0.407 e. The summed E-state index contributed by atoms with van der Waals surface area (Å²) in [5, 5.41) is 12.1. The molecule has 0 aliphatic carbocycles. The van der Waals surface area contributed by atoms with Gasteiger partial charge in [0.05, 0.1) is 12.1 Å². The molecule has 8 nitrogen and oxygen atoms in total. The first-order valence-electron chi connectivity index (χ1n) is 8.63. The lowest BCUT2D eigenvalue weighted by atomic mass is 9.76. The molecule has 2 N–H and O–H groups in total.